The Bertz CT molecular complexity index is 998. The zero-order chi connectivity index (χ0) is 20.1. The van der Waals surface area contributed by atoms with Crippen molar-refractivity contribution in [2.75, 3.05) is 10.6 Å². The Morgan fingerprint density at radius 1 is 1.00 bits per heavy atom. The summed E-state index contributed by atoms with van der Waals surface area (Å²) >= 11 is 0. The Hall–Kier alpha value is -3.42. The molecule has 2 amide bonds. The zero-order valence-electron chi connectivity index (χ0n) is 15.6. The number of nitrogens with one attached hydrogen (secondary N) is 2. The number of nitrogens with zero attached hydrogens (tertiary/aromatic N) is 2. The van der Waals surface area contributed by atoms with Crippen molar-refractivity contribution in [2.45, 2.75) is 13.8 Å². The summed E-state index contributed by atoms with van der Waals surface area (Å²) < 4.78 is 2.24. The van der Waals surface area contributed by atoms with Gasteiger partial charge in [0.1, 0.15) is 0 Å². The van der Waals surface area contributed by atoms with Gasteiger partial charge in [0, 0.05) is 43.7 Å². The van der Waals surface area contributed by atoms with E-state index in [1.54, 1.807) is 38.1 Å². The molecule has 27 heavy (non-hydrogen) atoms. The molecular weight excluding hydrogens is 348 g/mol. The van der Waals surface area contributed by atoms with Gasteiger partial charge in [-0.1, -0.05) is 13.8 Å². The van der Waals surface area contributed by atoms with Gasteiger partial charge in [-0.2, -0.15) is 0 Å². The largest absolute Gasteiger partial charge is 0.330 e. The van der Waals surface area contributed by atoms with Crippen LogP contribution in [0.3, 0.4) is 0 Å². The fourth-order valence-electron chi connectivity index (χ4n) is 2.22. The highest BCUT2D eigenvalue weighted by Gasteiger charge is 2.07. The molecule has 0 saturated carbocycles. The van der Waals surface area contributed by atoms with E-state index in [4.69, 9.17) is 0 Å². The van der Waals surface area contributed by atoms with Crippen molar-refractivity contribution in [1.82, 2.24) is 9.13 Å². The number of anilines is 2. The number of rotatable bonds is 5. The Labute approximate surface area is 156 Å². The maximum Gasteiger partial charge on any atom is 0.330 e. The number of aryl methyl sites for hydroxylation is 1. The lowest BCUT2D eigenvalue weighted by molar-refractivity contribution is -0.119. The highest BCUT2D eigenvalue weighted by molar-refractivity contribution is 6.02. The molecule has 0 unspecified atom stereocenters. The van der Waals surface area contributed by atoms with E-state index in [1.807, 2.05) is 0 Å². The highest BCUT2D eigenvalue weighted by Crippen LogP contribution is 2.14. The third-order valence-corrected chi connectivity index (χ3v) is 3.83. The summed E-state index contributed by atoms with van der Waals surface area (Å²) in [4.78, 5) is 47.4. The van der Waals surface area contributed by atoms with E-state index in [0.717, 1.165) is 4.57 Å². The Morgan fingerprint density at radius 3 is 2.11 bits per heavy atom. The number of carbonyl (C=O) groups is 2. The SMILES string of the molecule is CC(C)C(=O)Nc1ccc(NC(=O)/C=C/c2cn(C)c(=O)n(C)c2=O)cc1. The lowest BCUT2D eigenvalue weighted by atomic mass is 10.2. The molecule has 8 heteroatoms. The summed E-state index contributed by atoms with van der Waals surface area (Å²) in [7, 11) is 2.90. The lowest BCUT2D eigenvalue weighted by Crippen LogP contribution is -2.37. The molecule has 2 N–H and O–H groups in total. The fourth-order valence-corrected chi connectivity index (χ4v) is 2.22. The van der Waals surface area contributed by atoms with E-state index in [-0.39, 0.29) is 17.4 Å². The quantitative estimate of drug-likeness (QED) is 0.775. The van der Waals surface area contributed by atoms with Crippen molar-refractivity contribution >= 4 is 29.3 Å². The van der Waals surface area contributed by atoms with Gasteiger partial charge in [0.25, 0.3) is 5.56 Å². The van der Waals surface area contributed by atoms with Crippen molar-refractivity contribution in [3.63, 3.8) is 0 Å². The van der Waals surface area contributed by atoms with E-state index in [2.05, 4.69) is 10.6 Å². The van der Waals surface area contributed by atoms with Crippen LogP contribution in [0.2, 0.25) is 0 Å². The van der Waals surface area contributed by atoms with Crippen LogP contribution in [0.4, 0.5) is 11.4 Å². The first-order valence-corrected chi connectivity index (χ1v) is 8.35. The molecule has 142 valence electrons. The molecule has 0 spiro atoms. The first-order valence-electron chi connectivity index (χ1n) is 8.35. The Morgan fingerprint density at radius 2 is 1.56 bits per heavy atom. The molecule has 0 aliphatic rings. The summed E-state index contributed by atoms with van der Waals surface area (Å²) in [6.45, 7) is 3.60. The Kier molecular flexibility index (Phi) is 6.12. The van der Waals surface area contributed by atoms with E-state index >= 15 is 0 Å². The second-order valence-corrected chi connectivity index (χ2v) is 6.39. The van der Waals surface area contributed by atoms with Gasteiger partial charge in [0.2, 0.25) is 11.8 Å². The van der Waals surface area contributed by atoms with Crippen molar-refractivity contribution in [3.05, 3.63) is 62.9 Å². The fraction of sp³-hybridized carbons (Fsp3) is 0.263. The molecule has 8 nitrogen and oxygen atoms in total. The molecule has 2 aromatic rings. The molecule has 0 atom stereocenters. The topological polar surface area (TPSA) is 102 Å². The first-order chi connectivity index (χ1) is 12.7. The van der Waals surface area contributed by atoms with Crippen molar-refractivity contribution in [1.29, 1.82) is 0 Å². The van der Waals surface area contributed by atoms with Crippen LogP contribution >= 0.6 is 0 Å². The average molecular weight is 370 g/mol. The van der Waals surface area contributed by atoms with E-state index in [1.165, 1.54) is 37.0 Å². The van der Waals surface area contributed by atoms with Gasteiger partial charge < -0.3 is 15.2 Å². The molecule has 0 saturated heterocycles. The second kappa shape index (κ2) is 8.31. The van der Waals surface area contributed by atoms with Crippen LogP contribution < -0.4 is 21.9 Å². The molecule has 0 bridgehead atoms. The summed E-state index contributed by atoms with van der Waals surface area (Å²) in [5, 5.41) is 5.42. The van der Waals surface area contributed by atoms with Gasteiger partial charge in [-0.05, 0) is 30.3 Å². The molecule has 0 aliphatic carbocycles. The minimum atomic E-state index is -0.479. The molecule has 2 rings (SSSR count). The maximum absolute atomic E-state index is 12.0. The standard InChI is InChI=1S/C19H22N4O4/c1-12(2)17(25)21-15-8-6-14(7-9-15)20-16(24)10-5-13-11-22(3)19(27)23(4)18(13)26/h5-12H,1-4H3,(H,20,24)(H,21,25)/b10-5+. The van der Waals surface area contributed by atoms with Gasteiger partial charge in [0.15, 0.2) is 0 Å². The maximum atomic E-state index is 12.0. The number of aromatic nitrogens is 2. The molecule has 1 aromatic heterocycles. The van der Waals surface area contributed by atoms with Crippen LogP contribution in [0.5, 0.6) is 0 Å². The highest BCUT2D eigenvalue weighted by atomic mass is 16.2. The van der Waals surface area contributed by atoms with Gasteiger partial charge in [0.05, 0.1) is 5.56 Å². The molecule has 1 heterocycles. The number of carbonyl (C=O) groups excluding carboxylic acids is 2. The molecule has 0 fully saturated rings. The van der Waals surface area contributed by atoms with Crippen LogP contribution in [0.15, 0.2) is 46.1 Å². The van der Waals surface area contributed by atoms with Gasteiger partial charge in [-0.25, -0.2) is 4.79 Å². The summed E-state index contributed by atoms with van der Waals surface area (Å²) in [5.74, 6) is -0.641. The van der Waals surface area contributed by atoms with Crippen LogP contribution in [0.1, 0.15) is 19.4 Å². The summed E-state index contributed by atoms with van der Waals surface area (Å²) in [6, 6.07) is 6.69. The summed E-state index contributed by atoms with van der Waals surface area (Å²) in [5.41, 5.74) is 0.483. The Balaban J connectivity index is 2.06. The molecule has 0 aliphatic heterocycles. The van der Waals surface area contributed by atoms with E-state index < -0.39 is 17.2 Å². The predicted molar refractivity (Wildman–Crippen MR) is 104 cm³/mol. The van der Waals surface area contributed by atoms with Crippen LogP contribution in [-0.2, 0) is 23.7 Å². The number of hydrogen-bond donors (Lipinski definition) is 2. The predicted octanol–water partition coefficient (Wildman–Crippen LogP) is 1.33. The molecule has 0 radical (unpaired) electrons. The van der Waals surface area contributed by atoms with Crippen molar-refractivity contribution in [3.8, 4) is 0 Å². The zero-order valence-corrected chi connectivity index (χ0v) is 15.6. The second-order valence-electron chi connectivity index (χ2n) is 6.39. The normalized spacial score (nSPS) is 11.0. The molecular formula is C19H22N4O4. The van der Waals surface area contributed by atoms with E-state index in [9.17, 15) is 19.2 Å². The number of benzene rings is 1. The van der Waals surface area contributed by atoms with Crippen LogP contribution in [-0.4, -0.2) is 20.9 Å². The van der Waals surface area contributed by atoms with Gasteiger partial charge >= 0.3 is 5.69 Å². The van der Waals surface area contributed by atoms with Gasteiger partial charge in [-0.3, -0.25) is 19.0 Å². The van der Waals surface area contributed by atoms with Crippen molar-refractivity contribution < 1.29 is 9.59 Å². The third kappa shape index (κ3) is 5.04. The smallest absolute Gasteiger partial charge is 0.326 e. The third-order valence-electron chi connectivity index (χ3n) is 3.83. The lowest BCUT2D eigenvalue weighted by Gasteiger charge is -2.08. The van der Waals surface area contributed by atoms with Crippen molar-refractivity contribution in [2.24, 2.45) is 20.0 Å². The van der Waals surface area contributed by atoms with Crippen LogP contribution in [0.25, 0.3) is 6.08 Å². The average Bonchev–Trinajstić information content (AvgIpc) is 2.63. The summed E-state index contributed by atoms with van der Waals surface area (Å²) in [6.07, 6.45) is 3.95. The van der Waals surface area contributed by atoms with E-state index in [0.29, 0.717) is 11.4 Å². The number of amides is 2. The minimum Gasteiger partial charge on any atom is -0.326 e. The monoisotopic (exact) mass is 370 g/mol. The molecule has 1 aromatic carbocycles. The van der Waals surface area contributed by atoms with Gasteiger partial charge in [-0.15, -0.1) is 0 Å². The van der Waals surface area contributed by atoms with Crippen LogP contribution in [0, 0.1) is 5.92 Å². The minimum absolute atomic E-state index is 0.0893. The first kappa shape index (κ1) is 19.9. The number of hydrogen-bond acceptors (Lipinski definition) is 4.